The molecular weight excluding hydrogens is 376 g/mol. The number of aliphatic carboxylic acids is 1. The quantitative estimate of drug-likeness (QED) is 0.637. The van der Waals surface area contributed by atoms with E-state index in [4.69, 9.17) is 4.74 Å². The summed E-state index contributed by atoms with van der Waals surface area (Å²) in [6, 6.07) is 10.4. The monoisotopic (exact) mass is 406 g/mol. The number of nitrogens with zero attached hydrogens (tertiary/aromatic N) is 2. The van der Waals surface area contributed by atoms with Gasteiger partial charge in [0.2, 0.25) is 0 Å². The van der Waals surface area contributed by atoms with Crippen LogP contribution in [-0.2, 0) is 16.1 Å². The Kier molecular flexibility index (Phi) is 4.89. The molecule has 1 aliphatic rings. The van der Waals surface area contributed by atoms with Crippen LogP contribution in [0.15, 0.2) is 36.5 Å². The smallest absolute Gasteiger partial charge is 0.337 e. The Bertz CT molecular complexity index is 1120. The van der Waals surface area contributed by atoms with Gasteiger partial charge in [-0.25, -0.2) is 4.79 Å². The number of carboxylic acid groups (broad SMARTS) is 1. The fourth-order valence-corrected chi connectivity index (χ4v) is 4.54. The predicted octanol–water partition coefficient (Wildman–Crippen LogP) is 5.32. The number of benzene rings is 2. The van der Waals surface area contributed by atoms with Gasteiger partial charge in [-0.2, -0.15) is 0 Å². The second-order valence-corrected chi connectivity index (χ2v) is 9.27. The number of hydrogen-bond acceptors (Lipinski definition) is 3. The molecule has 0 fully saturated rings. The molecule has 30 heavy (non-hydrogen) atoms. The van der Waals surface area contributed by atoms with Gasteiger partial charge in [0.25, 0.3) is 0 Å². The van der Waals surface area contributed by atoms with Crippen LogP contribution in [0, 0.1) is 13.8 Å². The van der Waals surface area contributed by atoms with Crippen LogP contribution in [0.2, 0.25) is 0 Å². The summed E-state index contributed by atoms with van der Waals surface area (Å²) in [5, 5.41) is 11.3. The van der Waals surface area contributed by atoms with Crippen LogP contribution < -0.4 is 4.90 Å². The molecule has 5 nitrogen and oxygen atoms in total. The molecule has 3 aromatic rings. The highest BCUT2D eigenvalue weighted by Gasteiger charge is 2.34. The van der Waals surface area contributed by atoms with Crippen molar-refractivity contribution in [1.29, 1.82) is 0 Å². The summed E-state index contributed by atoms with van der Waals surface area (Å²) in [7, 11) is 2.08. The molecule has 1 atom stereocenters. The fraction of sp³-hybridized carbons (Fsp3) is 0.400. The molecule has 0 aliphatic carbocycles. The summed E-state index contributed by atoms with van der Waals surface area (Å²) >= 11 is 0. The SMILES string of the molecule is Cc1ccc(-c2c(C(OC(C)(C)C)C(=O)O)c(C)c3c4c2ccn4CCN3C)cc1. The second kappa shape index (κ2) is 7.17. The number of anilines is 1. The van der Waals surface area contributed by atoms with Crippen molar-refractivity contribution in [2.75, 3.05) is 18.5 Å². The van der Waals surface area contributed by atoms with E-state index in [1.54, 1.807) is 0 Å². The number of likely N-dealkylation sites (N-methyl/N-ethyl adjacent to an activating group) is 1. The topological polar surface area (TPSA) is 54.7 Å². The Morgan fingerprint density at radius 2 is 1.77 bits per heavy atom. The van der Waals surface area contributed by atoms with E-state index in [0.29, 0.717) is 0 Å². The largest absolute Gasteiger partial charge is 0.479 e. The van der Waals surface area contributed by atoms with Crippen LogP contribution in [0.5, 0.6) is 0 Å². The van der Waals surface area contributed by atoms with Crippen LogP contribution in [0.1, 0.15) is 43.6 Å². The van der Waals surface area contributed by atoms with E-state index in [2.05, 4.69) is 60.0 Å². The van der Waals surface area contributed by atoms with Crippen molar-refractivity contribution in [2.45, 2.75) is 52.9 Å². The van der Waals surface area contributed by atoms with Gasteiger partial charge in [0.05, 0.1) is 16.8 Å². The van der Waals surface area contributed by atoms with Gasteiger partial charge in [-0.3, -0.25) is 0 Å². The number of aromatic nitrogens is 1. The standard InChI is InChI=1S/C25H30N2O3/c1-15-7-9-17(10-8-15)20-18-11-12-27-14-13-26(6)21(22(18)27)16(2)19(20)23(24(28)29)30-25(3,4)5/h7-12,23H,13-14H2,1-6H3,(H,28,29). The Hall–Kier alpha value is -2.79. The maximum atomic E-state index is 12.5. The highest BCUT2D eigenvalue weighted by atomic mass is 16.5. The molecule has 2 aromatic carbocycles. The van der Waals surface area contributed by atoms with Crippen LogP contribution in [0.25, 0.3) is 22.0 Å². The van der Waals surface area contributed by atoms with Gasteiger partial charge in [-0.15, -0.1) is 0 Å². The Balaban J connectivity index is 2.12. The average Bonchev–Trinajstić information content (AvgIpc) is 3.08. The van der Waals surface area contributed by atoms with E-state index >= 15 is 0 Å². The third kappa shape index (κ3) is 3.37. The maximum Gasteiger partial charge on any atom is 0.337 e. The zero-order valence-electron chi connectivity index (χ0n) is 18.6. The van der Waals surface area contributed by atoms with Crippen LogP contribution in [-0.4, -0.2) is 34.8 Å². The molecule has 4 rings (SSSR count). The first-order valence-electron chi connectivity index (χ1n) is 10.4. The molecule has 0 radical (unpaired) electrons. The Labute approximate surface area is 177 Å². The lowest BCUT2D eigenvalue weighted by molar-refractivity contribution is -0.160. The number of rotatable bonds is 4. The van der Waals surface area contributed by atoms with Crippen molar-refractivity contribution in [3.63, 3.8) is 0 Å². The summed E-state index contributed by atoms with van der Waals surface area (Å²) in [5.74, 6) is -0.967. The van der Waals surface area contributed by atoms with E-state index in [0.717, 1.165) is 46.4 Å². The first-order valence-corrected chi connectivity index (χ1v) is 10.4. The van der Waals surface area contributed by atoms with E-state index in [1.807, 2.05) is 27.7 Å². The van der Waals surface area contributed by atoms with E-state index < -0.39 is 17.7 Å². The Morgan fingerprint density at radius 1 is 1.10 bits per heavy atom. The van der Waals surface area contributed by atoms with Crippen LogP contribution in [0.3, 0.4) is 0 Å². The van der Waals surface area contributed by atoms with Crippen LogP contribution >= 0.6 is 0 Å². The molecule has 1 aliphatic heterocycles. The molecule has 1 unspecified atom stereocenters. The second-order valence-electron chi connectivity index (χ2n) is 9.27. The van der Waals surface area contributed by atoms with Crippen LogP contribution in [0.4, 0.5) is 5.69 Å². The Morgan fingerprint density at radius 3 is 2.37 bits per heavy atom. The lowest BCUT2D eigenvalue weighted by atomic mass is 9.87. The summed E-state index contributed by atoms with van der Waals surface area (Å²) in [6.45, 7) is 11.6. The lowest BCUT2D eigenvalue weighted by Crippen LogP contribution is -2.31. The van der Waals surface area contributed by atoms with Crippen molar-refractivity contribution in [1.82, 2.24) is 4.57 Å². The van der Waals surface area contributed by atoms with Crippen molar-refractivity contribution < 1.29 is 14.6 Å². The third-order valence-electron chi connectivity index (χ3n) is 5.84. The van der Waals surface area contributed by atoms with Gasteiger partial charge < -0.3 is 19.3 Å². The molecule has 0 spiro atoms. The summed E-state index contributed by atoms with van der Waals surface area (Å²) < 4.78 is 8.41. The van der Waals surface area contributed by atoms with Gasteiger partial charge >= 0.3 is 5.97 Å². The van der Waals surface area contributed by atoms with Gasteiger partial charge in [0, 0.05) is 37.3 Å². The number of aryl methyl sites for hydroxylation is 1. The summed E-state index contributed by atoms with van der Waals surface area (Å²) in [6.07, 6.45) is 1.06. The number of hydrogen-bond donors (Lipinski definition) is 1. The lowest BCUT2D eigenvalue weighted by Gasteiger charge is -2.33. The molecule has 0 saturated heterocycles. The molecule has 2 heterocycles. The first kappa shape index (κ1) is 20.5. The highest BCUT2D eigenvalue weighted by molar-refractivity contribution is 6.07. The molecule has 158 valence electrons. The summed E-state index contributed by atoms with van der Waals surface area (Å²) in [4.78, 5) is 14.7. The molecule has 1 N–H and O–H groups in total. The predicted molar refractivity (Wildman–Crippen MR) is 121 cm³/mol. The molecule has 0 amide bonds. The van der Waals surface area contributed by atoms with Crippen molar-refractivity contribution in [2.24, 2.45) is 0 Å². The molecule has 5 heteroatoms. The zero-order valence-corrected chi connectivity index (χ0v) is 18.6. The van der Waals surface area contributed by atoms with E-state index in [9.17, 15) is 9.90 Å². The number of carbonyl (C=O) groups is 1. The fourth-order valence-electron chi connectivity index (χ4n) is 4.54. The molecule has 0 bridgehead atoms. The molecule has 1 aromatic heterocycles. The van der Waals surface area contributed by atoms with Gasteiger partial charge in [0.1, 0.15) is 0 Å². The maximum absolute atomic E-state index is 12.5. The minimum Gasteiger partial charge on any atom is -0.479 e. The van der Waals surface area contributed by atoms with Gasteiger partial charge in [-0.1, -0.05) is 29.8 Å². The first-order chi connectivity index (χ1) is 14.1. The minimum absolute atomic E-state index is 0.593. The number of carboxylic acids is 1. The van der Waals surface area contributed by atoms with Gasteiger partial charge in [0.15, 0.2) is 6.10 Å². The minimum atomic E-state index is -1.05. The zero-order chi connectivity index (χ0) is 21.8. The molecule has 0 saturated carbocycles. The van der Waals surface area contributed by atoms with Crippen molar-refractivity contribution in [3.05, 3.63) is 53.2 Å². The van der Waals surface area contributed by atoms with Gasteiger partial charge in [-0.05, 0) is 57.4 Å². The van der Waals surface area contributed by atoms with E-state index in [1.165, 1.54) is 11.1 Å². The number of ether oxygens (including phenoxy) is 1. The average molecular weight is 407 g/mol. The molecular formula is C25H30N2O3. The third-order valence-corrected chi connectivity index (χ3v) is 5.84. The van der Waals surface area contributed by atoms with Crippen molar-refractivity contribution in [3.8, 4) is 11.1 Å². The van der Waals surface area contributed by atoms with E-state index in [-0.39, 0.29) is 0 Å². The normalized spacial score (nSPS) is 14.9. The highest BCUT2D eigenvalue weighted by Crippen LogP contribution is 2.46. The van der Waals surface area contributed by atoms with Crippen molar-refractivity contribution >= 4 is 22.6 Å². The summed E-state index contributed by atoms with van der Waals surface area (Å²) in [5.41, 5.74) is 6.52.